The van der Waals surface area contributed by atoms with Crippen molar-refractivity contribution in [3.63, 3.8) is 0 Å². The molecule has 2 amide bonds. The summed E-state index contributed by atoms with van der Waals surface area (Å²) in [5, 5.41) is 3.36. The molecule has 1 N–H and O–H groups in total. The Bertz CT molecular complexity index is 838. The second-order valence-electron chi connectivity index (χ2n) is 7.25. The minimum atomic E-state index is -0.584. The smallest absolute Gasteiger partial charge is 0.261 e. The maximum Gasteiger partial charge on any atom is 0.261 e. The predicted molar refractivity (Wildman–Crippen MR) is 116 cm³/mol. The molecular formula is C23H29ClN2O3. The van der Waals surface area contributed by atoms with Crippen molar-refractivity contribution in [2.24, 2.45) is 0 Å². The number of para-hydroxylation sites is 1. The van der Waals surface area contributed by atoms with Crippen LogP contribution in [-0.2, 0) is 16.1 Å². The molecule has 0 aromatic heterocycles. The van der Waals surface area contributed by atoms with Crippen LogP contribution in [0.15, 0.2) is 48.5 Å². The van der Waals surface area contributed by atoms with Gasteiger partial charge in [0.15, 0.2) is 6.61 Å². The molecule has 0 fully saturated rings. The Morgan fingerprint density at radius 2 is 1.76 bits per heavy atom. The number of halogens is 1. The number of nitrogens with one attached hydrogen (secondary N) is 1. The molecule has 0 saturated carbocycles. The maximum atomic E-state index is 13.1. The van der Waals surface area contributed by atoms with Gasteiger partial charge in [0, 0.05) is 12.6 Å². The number of carbonyl (C=O) groups is 2. The van der Waals surface area contributed by atoms with Gasteiger partial charge in [-0.3, -0.25) is 9.59 Å². The molecule has 2 rings (SSSR count). The van der Waals surface area contributed by atoms with E-state index in [0.29, 0.717) is 23.7 Å². The van der Waals surface area contributed by atoms with Crippen molar-refractivity contribution >= 4 is 23.4 Å². The molecule has 5 nitrogen and oxygen atoms in total. The monoisotopic (exact) mass is 416 g/mol. The summed E-state index contributed by atoms with van der Waals surface area (Å²) >= 11 is 6.12. The number of carbonyl (C=O) groups excluding carboxylic acids is 2. The number of hydrogen-bond donors (Lipinski definition) is 1. The minimum Gasteiger partial charge on any atom is -0.482 e. The highest BCUT2D eigenvalue weighted by Gasteiger charge is 2.29. The lowest BCUT2D eigenvalue weighted by atomic mass is 10.1. The van der Waals surface area contributed by atoms with Crippen LogP contribution >= 0.6 is 11.6 Å². The molecule has 2 aromatic rings. The molecule has 2 aromatic carbocycles. The van der Waals surface area contributed by atoms with Crippen molar-refractivity contribution in [2.75, 3.05) is 6.61 Å². The third kappa shape index (κ3) is 6.50. The van der Waals surface area contributed by atoms with E-state index in [0.717, 1.165) is 11.1 Å². The molecule has 0 radical (unpaired) electrons. The zero-order chi connectivity index (χ0) is 21.4. The molecule has 1 atom stereocenters. The SMILES string of the molecule is CC[C@@H](C(=O)NC(C)C)N(Cc1ccccc1C)C(=O)COc1ccccc1Cl. The Balaban J connectivity index is 2.24. The highest BCUT2D eigenvalue weighted by Crippen LogP contribution is 2.23. The number of aryl methyl sites for hydroxylation is 1. The number of ether oxygens (including phenoxy) is 1. The summed E-state index contributed by atoms with van der Waals surface area (Å²) in [4.78, 5) is 27.5. The summed E-state index contributed by atoms with van der Waals surface area (Å²) in [5.41, 5.74) is 2.06. The molecule has 156 valence electrons. The predicted octanol–water partition coefficient (Wildman–Crippen LogP) is 4.36. The minimum absolute atomic E-state index is 0.00802. The zero-order valence-electron chi connectivity index (χ0n) is 17.4. The van der Waals surface area contributed by atoms with Crippen LogP contribution in [0.2, 0.25) is 5.02 Å². The van der Waals surface area contributed by atoms with E-state index in [9.17, 15) is 9.59 Å². The van der Waals surface area contributed by atoms with Crippen molar-refractivity contribution in [3.05, 3.63) is 64.7 Å². The number of nitrogens with zero attached hydrogens (tertiary/aromatic N) is 1. The molecule has 0 aliphatic heterocycles. The summed E-state index contributed by atoms with van der Waals surface area (Å²) in [7, 11) is 0. The summed E-state index contributed by atoms with van der Waals surface area (Å²) in [5.74, 6) is 0.0131. The summed E-state index contributed by atoms with van der Waals surface area (Å²) in [6.45, 7) is 7.84. The lowest BCUT2D eigenvalue weighted by Crippen LogP contribution is -2.51. The second-order valence-corrected chi connectivity index (χ2v) is 7.66. The Labute approximate surface area is 178 Å². The molecule has 0 heterocycles. The van der Waals surface area contributed by atoms with Crippen LogP contribution in [0, 0.1) is 6.92 Å². The van der Waals surface area contributed by atoms with Crippen molar-refractivity contribution in [3.8, 4) is 5.75 Å². The van der Waals surface area contributed by atoms with Crippen LogP contribution in [0.3, 0.4) is 0 Å². The molecular weight excluding hydrogens is 388 g/mol. The first-order chi connectivity index (χ1) is 13.8. The average Bonchev–Trinajstić information content (AvgIpc) is 2.68. The highest BCUT2D eigenvalue weighted by molar-refractivity contribution is 6.32. The van der Waals surface area contributed by atoms with E-state index < -0.39 is 6.04 Å². The van der Waals surface area contributed by atoms with Crippen LogP contribution in [0.1, 0.15) is 38.3 Å². The van der Waals surface area contributed by atoms with Crippen LogP contribution < -0.4 is 10.1 Å². The van der Waals surface area contributed by atoms with Crippen molar-refractivity contribution in [2.45, 2.75) is 52.7 Å². The standard InChI is InChI=1S/C23H29ClN2O3/c1-5-20(23(28)25-16(2)3)26(14-18-11-7-6-10-17(18)4)22(27)15-29-21-13-9-8-12-19(21)24/h6-13,16,20H,5,14-15H2,1-4H3,(H,25,28)/t20-/m0/s1. The van der Waals surface area contributed by atoms with Gasteiger partial charge in [0.1, 0.15) is 11.8 Å². The Hall–Kier alpha value is -2.53. The quantitative estimate of drug-likeness (QED) is 0.660. The zero-order valence-corrected chi connectivity index (χ0v) is 18.2. The molecule has 0 spiro atoms. The van der Waals surface area contributed by atoms with Crippen molar-refractivity contribution < 1.29 is 14.3 Å². The number of hydrogen-bond acceptors (Lipinski definition) is 3. The Morgan fingerprint density at radius 3 is 2.38 bits per heavy atom. The summed E-state index contributed by atoms with van der Waals surface area (Å²) in [6.07, 6.45) is 0.502. The second kappa shape index (κ2) is 10.9. The van der Waals surface area contributed by atoms with Gasteiger partial charge in [-0.25, -0.2) is 0 Å². The fraction of sp³-hybridized carbons (Fsp3) is 0.391. The highest BCUT2D eigenvalue weighted by atomic mass is 35.5. The first-order valence-electron chi connectivity index (χ1n) is 9.85. The van der Waals surface area contributed by atoms with Gasteiger partial charge in [0.25, 0.3) is 5.91 Å². The van der Waals surface area contributed by atoms with Gasteiger partial charge in [0.05, 0.1) is 5.02 Å². The largest absolute Gasteiger partial charge is 0.482 e. The first kappa shape index (κ1) is 22.8. The van der Waals surface area contributed by atoms with Crippen LogP contribution in [-0.4, -0.2) is 35.4 Å². The fourth-order valence-electron chi connectivity index (χ4n) is 3.06. The van der Waals surface area contributed by atoms with Crippen molar-refractivity contribution in [1.29, 1.82) is 0 Å². The molecule has 0 unspecified atom stereocenters. The molecule has 0 saturated heterocycles. The lowest BCUT2D eigenvalue weighted by Gasteiger charge is -2.31. The van der Waals surface area contributed by atoms with Gasteiger partial charge in [-0.05, 0) is 50.5 Å². The Kier molecular flexibility index (Phi) is 8.52. The van der Waals surface area contributed by atoms with E-state index in [4.69, 9.17) is 16.3 Å². The first-order valence-corrected chi connectivity index (χ1v) is 10.2. The summed E-state index contributed by atoms with van der Waals surface area (Å²) < 4.78 is 5.65. The van der Waals surface area contributed by atoms with E-state index in [-0.39, 0.29) is 24.5 Å². The molecule has 0 aliphatic rings. The topological polar surface area (TPSA) is 58.6 Å². The summed E-state index contributed by atoms with van der Waals surface area (Å²) in [6, 6.07) is 14.3. The number of amides is 2. The van der Waals surface area contributed by atoms with E-state index in [1.54, 1.807) is 29.2 Å². The van der Waals surface area contributed by atoms with Gasteiger partial charge in [-0.2, -0.15) is 0 Å². The van der Waals surface area contributed by atoms with Crippen molar-refractivity contribution in [1.82, 2.24) is 10.2 Å². The lowest BCUT2D eigenvalue weighted by molar-refractivity contribution is -0.143. The van der Waals surface area contributed by atoms with E-state index in [1.165, 1.54) is 0 Å². The van der Waals surface area contributed by atoms with Crippen LogP contribution in [0.5, 0.6) is 5.75 Å². The van der Waals surface area contributed by atoms with Gasteiger partial charge in [-0.1, -0.05) is 54.9 Å². The average molecular weight is 417 g/mol. The van der Waals surface area contributed by atoms with E-state index in [2.05, 4.69) is 5.32 Å². The molecule has 0 bridgehead atoms. The van der Waals surface area contributed by atoms with E-state index >= 15 is 0 Å². The van der Waals surface area contributed by atoms with Gasteiger partial charge >= 0.3 is 0 Å². The van der Waals surface area contributed by atoms with Gasteiger partial charge < -0.3 is 15.0 Å². The normalized spacial score (nSPS) is 11.8. The third-order valence-electron chi connectivity index (χ3n) is 4.61. The van der Waals surface area contributed by atoms with Gasteiger partial charge in [-0.15, -0.1) is 0 Å². The fourth-order valence-corrected chi connectivity index (χ4v) is 3.25. The van der Waals surface area contributed by atoms with E-state index in [1.807, 2.05) is 52.0 Å². The van der Waals surface area contributed by atoms with Crippen LogP contribution in [0.4, 0.5) is 0 Å². The van der Waals surface area contributed by atoms with Crippen LogP contribution in [0.25, 0.3) is 0 Å². The molecule has 0 aliphatic carbocycles. The van der Waals surface area contributed by atoms with Gasteiger partial charge in [0.2, 0.25) is 5.91 Å². The molecule has 6 heteroatoms. The Morgan fingerprint density at radius 1 is 1.10 bits per heavy atom. The number of benzene rings is 2. The third-order valence-corrected chi connectivity index (χ3v) is 4.92. The molecule has 29 heavy (non-hydrogen) atoms. The number of rotatable bonds is 9. The maximum absolute atomic E-state index is 13.1.